The molecule has 1 aromatic rings. The van der Waals surface area contributed by atoms with Gasteiger partial charge in [-0.3, -0.25) is 4.79 Å². The van der Waals surface area contributed by atoms with E-state index in [0.29, 0.717) is 12.8 Å². The van der Waals surface area contributed by atoms with Gasteiger partial charge in [-0.05, 0) is 37.0 Å². The van der Waals surface area contributed by atoms with Crippen LogP contribution in [0.15, 0.2) is 28.7 Å². The Bertz CT molecular complexity index is 405. The second-order valence-electron chi connectivity index (χ2n) is 4.76. The van der Waals surface area contributed by atoms with Crippen molar-refractivity contribution in [1.29, 1.82) is 0 Å². The van der Waals surface area contributed by atoms with Crippen LogP contribution in [0.1, 0.15) is 31.2 Å². The molecule has 0 bridgehead atoms. The van der Waals surface area contributed by atoms with Crippen molar-refractivity contribution in [3.8, 4) is 0 Å². The number of carbonyl (C=O) groups excluding carboxylic acids is 1. The molecule has 1 aliphatic rings. The van der Waals surface area contributed by atoms with Gasteiger partial charge < -0.3 is 4.74 Å². The van der Waals surface area contributed by atoms with Gasteiger partial charge in [-0.15, -0.1) is 0 Å². The van der Waals surface area contributed by atoms with Crippen molar-refractivity contribution in [2.45, 2.75) is 37.7 Å². The molecule has 1 aliphatic carbocycles. The van der Waals surface area contributed by atoms with Crippen molar-refractivity contribution in [2.75, 3.05) is 7.11 Å². The smallest absolute Gasteiger partial charge is 0.140 e. The number of ether oxygens (including phenoxy) is 1. The van der Waals surface area contributed by atoms with Gasteiger partial charge in [0.15, 0.2) is 0 Å². The molecule has 1 aromatic carbocycles. The highest BCUT2D eigenvalue weighted by Crippen LogP contribution is 2.38. The highest BCUT2D eigenvalue weighted by atomic mass is 79.9. The van der Waals surface area contributed by atoms with Gasteiger partial charge in [0, 0.05) is 24.4 Å². The van der Waals surface area contributed by atoms with Crippen LogP contribution in [0.4, 0.5) is 0 Å². The van der Waals surface area contributed by atoms with Crippen LogP contribution in [0.25, 0.3) is 0 Å². The summed E-state index contributed by atoms with van der Waals surface area (Å²) in [6.45, 7) is 0. The molecule has 0 heterocycles. The monoisotopic (exact) mass is 296 g/mol. The van der Waals surface area contributed by atoms with E-state index in [9.17, 15) is 4.79 Å². The fraction of sp³-hybridized carbons (Fsp3) is 0.500. The Morgan fingerprint density at radius 3 is 2.76 bits per heavy atom. The molecule has 1 fully saturated rings. The van der Waals surface area contributed by atoms with Gasteiger partial charge in [-0.2, -0.15) is 0 Å². The zero-order chi connectivity index (χ0) is 12.3. The predicted molar refractivity (Wildman–Crippen MR) is 71.1 cm³/mol. The summed E-state index contributed by atoms with van der Waals surface area (Å²) < 4.78 is 6.50. The topological polar surface area (TPSA) is 26.3 Å². The number of methoxy groups -OCH3 is 1. The van der Waals surface area contributed by atoms with Crippen LogP contribution in [0, 0.1) is 0 Å². The maximum Gasteiger partial charge on any atom is 0.140 e. The van der Waals surface area contributed by atoms with Crippen LogP contribution < -0.4 is 0 Å². The summed E-state index contributed by atoms with van der Waals surface area (Å²) in [5, 5.41) is 0. The lowest BCUT2D eigenvalue weighted by Crippen LogP contribution is -2.41. The zero-order valence-corrected chi connectivity index (χ0v) is 11.6. The summed E-state index contributed by atoms with van der Waals surface area (Å²) in [6.07, 6.45) is 4.28. The Morgan fingerprint density at radius 1 is 1.47 bits per heavy atom. The Labute approximate surface area is 110 Å². The first-order valence-electron chi connectivity index (χ1n) is 5.95. The van der Waals surface area contributed by atoms with Gasteiger partial charge in [-0.1, -0.05) is 28.1 Å². The van der Waals surface area contributed by atoms with Crippen LogP contribution >= 0.6 is 15.9 Å². The molecule has 1 saturated carbocycles. The third kappa shape index (κ3) is 3.17. The number of hydrogen-bond donors (Lipinski definition) is 0. The third-order valence-corrected chi connectivity index (χ3v) is 4.00. The summed E-state index contributed by atoms with van der Waals surface area (Å²) in [4.78, 5) is 12.0. The van der Waals surface area contributed by atoms with Crippen molar-refractivity contribution in [3.63, 3.8) is 0 Å². The predicted octanol–water partition coefficient (Wildman–Crippen LogP) is 3.52. The largest absolute Gasteiger partial charge is 0.378 e. The van der Waals surface area contributed by atoms with Crippen LogP contribution in [0.5, 0.6) is 0 Å². The maximum atomic E-state index is 12.0. The number of ketones is 1. The number of benzene rings is 1. The Balaban J connectivity index is 1.93. The number of hydrogen-bond acceptors (Lipinski definition) is 2. The second-order valence-corrected chi connectivity index (χ2v) is 5.68. The van der Waals surface area contributed by atoms with Crippen LogP contribution in [-0.2, 0) is 16.0 Å². The second kappa shape index (κ2) is 5.32. The van der Waals surface area contributed by atoms with Gasteiger partial charge >= 0.3 is 0 Å². The highest BCUT2D eigenvalue weighted by molar-refractivity contribution is 9.10. The summed E-state index contributed by atoms with van der Waals surface area (Å²) in [5.41, 5.74) is 0.915. The van der Waals surface area contributed by atoms with Gasteiger partial charge in [0.2, 0.25) is 0 Å². The Hall–Kier alpha value is -0.670. The van der Waals surface area contributed by atoms with E-state index in [1.807, 2.05) is 24.3 Å². The van der Waals surface area contributed by atoms with Gasteiger partial charge in [0.05, 0.1) is 5.60 Å². The number of rotatable bonds is 5. The lowest BCUT2D eigenvalue weighted by Gasteiger charge is -2.40. The summed E-state index contributed by atoms with van der Waals surface area (Å²) in [6, 6.07) is 7.92. The van der Waals surface area contributed by atoms with Crippen molar-refractivity contribution in [1.82, 2.24) is 0 Å². The lowest BCUT2D eigenvalue weighted by molar-refractivity contribution is -0.131. The first kappa shape index (κ1) is 12.8. The van der Waals surface area contributed by atoms with E-state index in [2.05, 4.69) is 15.9 Å². The fourth-order valence-corrected chi connectivity index (χ4v) is 2.77. The van der Waals surface area contributed by atoms with E-state index < -0.39 is 0 Å². The summed E-state index contributed by atoms with van der Waals surface area (Å²) in [7, 11) is 1.71. The molecule has 0 radical (unpaired) electrons. The molecular formula is C14H17BrO2. The van der Waals surface area contributed by atoms with E-state index in [0.717, 1.165) is 22.9 Å². The van der Waals surface area contributed by atoms with Crippen molar-refractivity contribution >= 4 is 21.7 Å². The van der Waals surface area contributed by atoms with Crippen molar-refractivity contribution < 1.29 is 9.53 Å². The molecule has 3 heteroatoms. The molecule has 2 nitrogen and oxygen atoms in total. The van der Waals surface area contributed by atoms with Crippen LogP contribution in [-0.4, -0.2) is 18.5 Å². The van der Waals surface area contributed by atoms with Crippen LogP contribution in [0.2, 0.25) is 0 Å². The van der Waals surface area contributed by atoms with Crippen molar-refractivity contribution in [3.05, 3.63) is 34.3 Å². The normalized spacial score (nSPS) is 17.5. The van der Waals surface area contributed by atoms with Crippen LogP contribution in [0.3, 0.4) is 0 Å². The molecular weight excluding hydrogens is 280 g/mol. The number of halogens is 1. The average Bonchev–Trinajstić information content (AvgIpc) is 2.23. The average molecular weight is 297 g/mol. The van der Waals surface area contributed by atoms with Gasteiger partial charge in [0.1, 0.15) is 5.78 Å². The van der Waals surface area contributed by atoms with E-state index in [4.69, 9.17) is 4.74 Å². The Morgan fingerprint density at radius 2 is 2.24 bits per heavy atom. The number of carbonyl (C=O) groups is 1. The van der Waals surface area contributed by atoms with E-state index in [1.165, 1.54) is 6.42 Å². The summed E-state index contributed by atoms with van der Waals surface area (Å²) >= 11 is 3.42. The molecule has 0 atom stereocenters. The zero-order valence-electron chi connectivity index (χ0n) is 10.0. The van der Waals surface area contributed by atoms with Gasteiger partial charge in [0.25, 0.3) is 0 Å². The minimum Gasteiger partial charge on any atom is -0.378 e. The standard InChI is InChI=1S/C14H17BrO2/c1-17-14(6-3-7-14)10-13(16)9-11-4-2-5-12(15)8-11/h2,4-5,8H,3,6-7,9-10H2,1H3. The molecule has 0 unspecified atom stereocenters. The molecule has 17 heavy (non-hydrogen) atoms. The number of Topliss-reactive ketones (excluding diaryl/α,β-unsaturated/α-hetero) is 1. The van der Waals surface area contributed by atoms with Gasteiger partial charge in [-0.25, -0.2) is 0 Å². The molecule has 0 amide bonds. The SMILES string of the molecule is COC1(CC(=O)Cc2cccc(Br)c2)CCC1. The van der Waals surface area contributed by atoms with E-state index >= 15 is 0 Å². The molecule has 92 valence electrons. The maximum absolute atomic E-state index is 12.0. The molecule has 0 saturated heterocycles. The molecule has 2 rings (SSSR count). The first-order chi connectivity index (χ1) is 8.13. The van der Waals surface area contributed by atoms with Crippen molar-refractivity contribution in [2.24, 2.45) is 0 Å². The summed E-state index contributed by atoms with van der Waals surface area (Å²) in [5.74, 6) is 0.268. The third-order valence-electron chi connectivity index (χ3n) is 3.51. The fourth-order valence-electron chi connectivity index (χ4n) is 2.32. The molecule has 0 N–H and O–H groups in total. The minimum absolute atomic E-state index is 0.150. The first-order valence-corrected chi connectivity index (χ1v) is 6.74. The van der Waals surface area contributed by atoms with E-state index in [1.54, 1.807) is 7.11 Å². The highest BCUT2D eigenvalue weighted by Gasteiger charge is 2.38. The molecule has 0 aromatic heterocycles. The quantitative estimate of drug-likeness (QED) is 0.831. The lowest BCUT2D eigenvalue weighted by atomic mass is 9.76. The van der Waals surface area contributed by atoms with E-state index in [-0.39, 0.29) is 11.4 Å². The minimum atomic E-state index is -0.150. The molecule has 0 spiro atoms. The molecule has 0 aliphatic heterocycles. The Kier molecular flexibility index (Phi) is 4.00.